The van der Waals surface area contributed by atoms with Crippen LogP contribution in [-0.4, -0.2) is 37.2 Å². The van der Waals surface area contributed by atoms with Gasteiger partial charge in [-0.1, -0.05) is 320 Å². The van der Waals surface area contributed by atoms with Gasteiger partial charge in [-0.15, -0.1) is 0 Å². The van der Waals surface area contributed by atoms with Gasteiger partial charge in [-0.3, -0.25) is 14.4 Å². The summed E-state index contributed by atoms with van der Waals surface area (Å²) in [5, 5.41) is 0. The van der Waals surface area contributed by atoms with Gasteiger partial charge in [0.15, 0.2) is 6.10 Å². The zero-order chi connectivity index (χ0) is 55.0. The van der Waals surface area contributed by atoms with Gasteiger partial charge in [0, 0.05) is 19.3 Å². The molecule has 0 amide bonds. The maximum atomic E-state index is 12.9. The SMILES string of the molecule is CCCC/C=C\C/C=C\CCCCCCCC(=O)OCC(COC(=O)CCCCCCCCCCCCC/C=C\CCCCCCCCCC)OC(=O)CCCCCCCCCCCCCCCCCCCCCCC. The van der Waals surface area contributed by atoms with E-state index < -0.39 is 6.10 Å². The summed E-state index contributed by atoms with van der Waals surface area (Å²) in [6.07, 6.45) is 80.2. The largest absolute Gasteiger partial charge is 0.462 e. The van der Waals surface area contributed by atoms with Gasteiger partial charge in [0.1, 0.15) is 13.2 Å². The second-order valence-electron chi connectivity index (χ2n) is 23.1. The smallest absolute Gasteiger partial charge is 0.306 e. The van der Waals surface area contributed by atoms with Crippen LogP contribution in [0.15, 0.2) is 36.5 Å². The number of hydrogen-bond acceptors (Lipinski definition) is 6. The standard InChI is InChI=1S/C70H130O6/c1-4-7-10-13-16-19-22-25-28-30-32-34-35-37-38-40-42-45-48-51-54-57-60-63-69(72)75-66-67(65-74-68(71)62-59-56-53-50-47-44-27-24-21-18-15-12-9-6-3)76-70(73)64-61-58-55-52-49-46-43-41-39-36-33-31-29-26-23-20-17-14-11-8-5-2/h15,18,24,27,30,32,67H,4-14,16-17,19-23,25-26,28-29,31,33-66H2,1-3H3/b18-15-,27-24-,32-30-. The molecule has 0 spiro atoms. The lowest BCUT2D eigenvalue weighted by molar-refractivity contribution is -0.167. The van der Waals surface area contributed by atoms with E-state index in [9.17, 15) is 14.4 Å². The van der Waals surface area contributed by atoms with Crippen LogP contribution in [0.3, 0.4) is 0 Å². The average molecular weight is 1070 g/mol. The number of rotatable bonds is 63. The zero-order valence-electron chi connectivity index (χ0n) is 51.3. The Bertz CT molecular complexity index is 1270. The van der Waals surface area contributed by atoms with Gasteiger partial charge >= 0.3 is 17.9 Å². The molecule has 76 heavy (non-hydrogen) atoms. The summed E-state index contributed by atoms with van der Waals surface area (Å²) in [5.74, 6) is -0.861. The fourth-order valence-corrected chi connectivity index (χ4v) is 10.2. The molecule has 6 heteroatoms. The number of unbranched alkanes of at least 4 members (excludes halogenated alkanes) is 46. The van der Waals surface area contributed by atoms with Crippen molar-refractivity contribution in [3.05, 3.63) is 36.5 Å². The van der Waals surface area contributed by atoms with Gasteiger partial charge in [0.25, 0.3) is 0 Å². The van der Waals surface area contributed by atoms with Crippen molar-refractivity contribution in [2.45, 2.75) is 380 Å². The van der Waals surface area contributed by atoms with Gasteiger partial charge in [0.05, 0.1) is 0 Å². The van der Waals surface area contributed by atoms with E-state index in [1.165, 1.54) is 257 Å². The van der Waals surface area contributed by atoms with Gasteiger partial charge < -0.3 is 14.2 Å². The van der Waals surface area contributed by atoms with Crippen molar-refractivity contribution in [3.8, 4) is 0 Å². The van der Waals surface area contributed by atoms with Crippen LogP contribution in [0.1, 0.15) is 374 Å². The van der Waals surface area contributed by atoms with Gasteiger partial charge in [0.2, 0.25) is 0 Å². The minimum atomic E-state index is -0.776. The van der Waals surface area contributed by atoms with E-state index in [1.54, 1.807) is 0 Å². The molecule has 446 valence electrons. The fourth-order valence-electron chi connectivity index (χ4n) is 10.2. The lowest BCUT2D eigenvalue weighted by atomic mass is 10.0. The number of carbonyl (C=O) groups excluding carboxylic acids is 3. The predicted molar refractivity (Wildman–Crippen MR) is 330 cm³/mol. The molecule has 0 radical (unpaired) electrons. The third-order valence-corrected chi connectivity index (χ3v) is 15.4. The maximum Gasteiger partial charge on any atom is 0.306 e. The van der Waals surface area contributed by atoms with E-state index in [1.807, 2.05) is 0 Å². The topological polar surface area (TPSA) is 78.9 Å². The van der Waals surface area contributed by atoms with E-state index in [2.05, 4.69) is 57.2 Å². The molecule has 0 bridgehead atoms. The molecular weight excluding hydrogens is 937 g/mol. The Morgan fingerprint density at radius 2 is 0.487 bits per heavy atom. The first-order chi connectivity index (χ1) is 37.5. The van der Waals surface area contributed by atoms with Gasteiger partial charge in [-0.25, -0.2) is 0 Å². The van der Waals surface area contributed by atoms with Crippen molar-refractivity contribution >= 4 is 17.9 Å². The molecule has 0 aliphatic rings. The molecule has 0 aliphatic heterocycles. The van der Waals surface area contributed by atoms with Crippen LogP contribution in [-0.2, 0) is 28.6 Å². The molecule has 0 fully saturated rings. The third kappa shape index (κ3) is 62.5. The van der Waals surface area contributed by atoms with Gasteiger partial charge in [-0.05, 0) is 70.6 Å². The highest BCUT2D eigenvalue weighted by Gasteiger charge is 2.19. The first kappa shape index (κ1) is 73.6. The van der Waals surface area contributed by atoms with Crippen molar-refractivity contribution < 1.29 is 28.6 Å². The summed E-state index contributed by atoms with van der Waals surface area (Å²) >= 11 is 0. The van der Waals surface area contributed by atoms with E-state index in [4.69, 9.17) is 14.2 Å². The average Bonchev–Trinajstić information content (AvgIpc) is 3.42. The van der Waals surface area contributed by atoms with Crippen molar-refractivity contribution in [2.75, 3.05) is 13.2 Å². The summed E-state index contributed by atoms with van der Waals surface area (Å²) in [6.45, 7) is 6.66. The van der Waals surface area contributed by atoms with Crippen LogP contribution < -0.4 is 0 Å². The summed E-state index contributed by atoms with van der Waals surface area (Å²) in [7, 11) is 0. The molecule has 0 aromatic carbocycles. The monoisotopic (exact) mass is 1070 g/mol. The molecule has 1 unspecified atom stereocenters. The molecule has 0 saturated heterocycles. The van der Waals surface area contributed by atoms with E-state index in [-0.39, 0.29) is 31.1 Å². The summed E-state index contributed by atoms with van der Waals surface area (Å²) in [4.78, 5) is 38.4. The van der Waals surface area contributed by atoms with E-state index >= 15 is 0 Å². The molecule has 0 aliphatic carbocycles. The van der Waals surface area contributed by atoms with Gasteiger partial charge in [-0.2, -0.15) is 0 Å². The quantitative estimate of drug-likeness (QED) is 0.0261. The second-order valence-corrected chi connectivity index (χ2v) is 23.1. The summed E-state index contributed by atoms with van der Waals surface area (Å²) in [5.41, 5.74) is 0. The summed E-state index contributed by atoms with van der Waals surface area (Å²) < 4.78 is 17.0. The fraction of sp³-hybridized carbons (Fsp3) is 0.871. The molecule has 0 N–H and O–H groups in total. The Labute approximate surface area is 474 Å². The molecule has 6 nitrogen and oxygen atoms in total. The molecule has 0 saturated carbocycles. The number of carbonyl (C=O) groups is 3. The Morgan fingerprint density at radius 1 is 0.263 bits per heavy atom. The minimum absolute atomic E-state index is 0.0726. The van der Waals surface area contributed by atoms with Crippen LogP contribution in [0.5, 0.6) is 0 Å². The highest BCUT2D eigenvalue weighted by Crippen LogP contribution is 2.18. The zero-order valence-corrected chi connectivity index (χ0v) is 51.3. The Morgan fingerprint density at radius 3 is 0.776 bits per heavy atom. The number of esters is 3. The normalized spacial score (nSPS) is 12.2. The van der Waals surface area contributed by atoms with Crippen LogP contribution in [0.2, 0.25) is 0 Å². The van der Waals surface area contributed by atoms with Crippen molar-refractivity contribution in [3.63, 3.8) is 0 Å². The number of hydrogen-bond donors (Lipinski definition) is 0. The highest BCUT2D eigenvalue weighted by molar-refractivity contribution is 5.71. The molecule has 0 rings (SSSR count). The highest BCUT2D eigenvalue weighted by atomic mass is 16.6. The van der Waals surface area contributed by atoms with Crippen LogP contribution >= 0.6 is 0 Å². The van der Waals surface area contributed by atoms with Crippen molar-refractivity contribution in [2.24, 2.45) is 0 Å². The number of ether oxygens (including phenoxy) is 3. The molecule has 0 aromatic rings. The Hall–Kier alpha value is -2.37. The van der Waals surface area contributed by atoms with E-state index in [0.29, 0.717) is 19.3 Å². The third-order valence-electron chi connectivity index (χ3n) is 15.4. The Kier molecular flexibility index (Phi) is 63.1. The number of allylic oxidation sites excluding steroid dienone is 6. The Balaban J connectivity index is 4.28. The van der Waals surface area contributed by atoms with Crippen LogP contribution in [0.4, 0.5) is 0 Å². The van der Waals surface area contributed by atoms with Crippen molar-refractivity contribution in [1.29, 1.82) is 0 Å². The summed E-state index contributed by atoms with van der Waals surface area (Å²) in [6, 6.07) is 0. The minimum Gasteiger partial charge on any atom is -0.462 e. The lowest BCUT2D eigenvalue weighted by Gasteiger charge is -2.18. The predicted octanol–water partition coefficient (Wildman–Crippen LogP) is 23.2. The first-order valence-corrected chi connectivity index (χ1v) is 34.0. The molecule has 0 heterocycles. The lowest BCUT2D eigenvalue weighted by Crippen LogP contribution is -2.30. The molecular formula is C70H130O6. The van der Waals surface area contributed by atoms with Crippen LogP contribution in [0, 0.1) is 0 Å². The van der Waals surface area contributed by atoms with Crippen LogP contribution in [0.25, 0.3) is 0 Å². The second kappa shape index (κ2) is 65.2. The van der Waals surface area contributed by atoms with Crippen molar-refractivity contribution in [1.82, 2.24) is 0 Å². The maximum absolute atomic E-state index is 12.9. The first-order valence-electron chi connectivity index (χ1n) is 34.0. The van der Waals surface area contributed by atoms with E-state index in [0.717, 1.165) is 77.0 Å². The molecule has 0 aromatic heterocycles. The molecule has 1 atom stereocenters.